The zero-order chi connectivity index (χ0) is 20.7. The van der Waals surface area contributed by atoms with Crippen LogP contribution in [0.3, 0.4) is 0 Å². The van der Waals surface area contributed by atoms with Crippen molar-refractivity contribution in [1.29, 1.82) is 0 Å². The number of likely N-dealkylation sites (tertiary alicyclic amines) is 1. The molecule has 0 spiro atoms. The predicted octanol–water partition coefficient (Wildman–Crippen LogP) is 3.82. The van der Waals surface area contributed by atoms with Gasteiger partial charge in [-0.05, 0) is 37.1 Å². The molecule has 2 amide bonds. The number of hydrogen-bond donors (Lipinski definition) is 0. The number of carbonyl (C=O) groups excluding carboxylic acids is 2. The number of ether oxygens (including phenoxy) is 1. The SMILES string of the molecule is CC(=O)N1C[C@H](C(=O)N2CCC[C@H](c3nc4ccccc4s3)C2)Oc2ccccc21. The number of aromatic nitrogens is 1. The van der Waals surface area contributed by atoms with Gasteiger partial charge in [0.2, 0.25) is 5.91 Å². The first-order chi connectivity index (χ1) is 14.6. The van der Waals surface area contributed by atoms with E-state index in [0.29, 0.717) is 18.8 Å². The van der Waals surface area contributed by atoms with Crippen LogP contribution in [0.1, 0.15) is 30.7 Å². The lowest BCUT2D eigenvalue weighted by Gasteiger charge is -2.38. The molecule has 1 aromatic heterocycles. The Morgan fingerprint density at radius 3 is 2.73 bits per heavy atom. The van der Waals surface area contributed by atoms with Gasteiger partial charge in [0.05, 0.1) is 27.5 Å². The molecule has 0 N–H and O–H groups in total. The van der Waals surface area contributed by atoms with Crippen LogP contribution in [0.5, 0.6) is 5.75 Å². The first-order valence-electron chi connectivity index (χ1n) is 10.3. The van der Waals surface area contributed by atoms with Crippen LogP contribution in [-0.2, 0) is 9.59 Å². The van der Waals surface area contributed by atoms with Crippen LogP contribution in [-0.4, -0.2) is 47.4 Å². The summed E-state index contributed by atoms with van der Waals surface area (Å²) in [6, 6.07) is 15.5. The zero-order valence-corrected chi connectivity index (χ0v) is 17.6. The lowest BCUT2D eigenvalue weighted by atomic mass is 9.98. The number of nitrogens with zero attached hydrogens (tertiary/aromatic N) is 3. The predicted molar refractivity (Wildman–Crippen MR) is 117 cm³/mol. The topological polar surface area (TPSA) is 62.7 Å². The Hall–Kier alpha value is -2.93. The van der Waals surface area contributed by atoms with E-state index < -0.39 is 6.10 Å². The maximum atomic E-state index is 13.3. The maximum absolute atomic E-state index is 13.3. The minimum absolute atomic E-state index is 0.0541. The van der Waals surface area contributed by atoms with Crippen molar-refractivity contribution >= 4 is 39.1 Å². The average Bonchev–Trinajstić information content (AvgIpc) is 3.22. The fourth-order valence-electron chi connectivity index (χ4n) is 4.31. The van der Waals surface area contributed by atoms with Gasteiger partial charge in [-0.1, -0.05) is 24.3 Å². The first kappa shape index (κ1) is 19.1. The third kappa shape index (κ3) is 3.43. The van der Waals surface area contributed by atoms with E-state index in [-0.39, 0.29) is 24.3 Å². The number of hydrogen-bond acceptors (Lipinski definition) is 5. The second kappa shape index (κ2) is 7.72. The third-order valence-electron chi connectivity index (χ3n) is 5.82. The molecule has 154 valence electrons. The van der Waals surface area contributed by atoms with E-state index in [2.05, 4.69) is 6.07 Å². The molecule has 1 fully saturated rings. The van der Waals surface area contributed by atoms with Gasteiger partial charge in [0.15, 0.2) is 6.10 Å². The highest BCUT2D eigenvalue weighted by molar-refractivity contribution is 7.18. The summed E-state index contributed by atoms with van der Waals surface area (Å²) in [5, 5.41) is 1.09. The first-order valence-corrected chi connectivity index (χ1v) is 11.1. The number of piperidine rings is 1. The highest BCUT2D eigenvalue weighted by Crippen LogP contribution is 2.36. The van der Waals surface area contributed by atoms with Gasteiger partial charge in [0.25, 0.3) is 5.91 Å². The zero-order valence-electron chi connectivity index (χ0n) is 16.8. The molecular formula is C23H23N3O3S. The lowest BCUT2D eigenvalue weighted by Crippen LogP contribution is -2.53. The third-order valence-corrected chi connectivity index (χ3v) is 7.02. The van der Waals surface area contributed by atoms with Crippen LogP contribution >= 0.6 is 11.3 Å². The Labute approximate surface area is 179 Å². The lowest BCUT2D eigenvalue weighted by molar-refractivity contribution is -0.140. The molecule has 0 aliphatic carbocycles. The van der Waals surface area contributed by atoms with Crippen LogP contribution in [0.25, 0.3) is 10.2 Å². The molecule has 0 unspecified atom stereocenters. The van der Waals surface area contributed by atoms with E-state index in [0.717, 1.165) is 29.1 Å². The molecule has 3 heterocycles. The number of benzene rings is 2. The van der Waals surface area contributed by atoms with Crippen LogP contribution in [0.4, 0.5) is 5.69 Å². The van der Waals surface area contributed by atoms with E-state index >= 15 is 0 Å². The number of carbonyl (C=O) groups is 2. The average molecular weight is 422 g/mol. The molecular weight excluding hydrogens is 398 g/mol. The molecule has 5 rings (SSSR count). The molecule has 6 nitrogen and oxygen atoms in total. The molecule has 0 saturated carbocycles. The van der Waals surface area contributed by atoms with E-state index in [4.69, 9.17) is 9.72 Å². The van der Waals surface area contributed by atoms with E-state index in [1.165, 1.54) is 11.6 Å². The summed E-state index contributed by atoms with van der Waals surface area (Å²) < 4.78 is 7.20. The van der Waals surface area contributed by atoms with Crippen molar-refractivity contribution in [3.63, 3.8) is 0 Å². The van der Waals surface area contributed by atoms with Crippen molar-refractivity contribution < 1.29 is 14.3 Å². The molecule has 2 aliphatic rings. The fourth-order valence-corrected chi connectivity index (χ4v) is 5.40. The van der Waals surface area contributed by atoms with Crippen molar-refractivity contribution in [3.8, 4) is 5.75 Å². The molecule has 30 heavy (non-hydrogen) atoms. The smallest absolute Gasteiger partial charge is 0.265 e. The van der Waals surface area contributed by atoms with Crippen molar-refractivity contribution in [2.75, 3.05) is 24.5 Å². The highest BCUT2D eigenvalue weighted by atomic mass is 32.1. The van der Waals surface area contributed by atoms with Gasteiger partial charge in [-0.25, -0.2) is 4.98 Å². The monoisotopic (exact) mass is 421 g/mol. The number of rotatable bonds is 2. The summed E-state index contributed by atoms with van der Waals surface area (Å²) >= 11 is 1.71. The summed E-state index contributed by atoms with van der Waals surface area (Å²) in [7, 11) is 0. The van der Waals surface area contributed by atoms with Gasteiger partial charge in [0, 0.05) is 25.9 Å². The molecule has 2 atom stereocenters. The Bertz CT molecular complexity index is 1080. The molecule has 0 bridgehead atoms. The second-order valence-corrected chi connectivity index (χ2v) is 8.91. The number of anilines is 1. The summed E-state index contributed by atoms with van der Waals surface area (Å²) in [6.45, 7) is 3.11. The van der Waals surface area contributed by atoms with Gasteiger partial charge in [-0.3, -0.25) is 9.59 Å². The number of fused-ring (bicyclic) bond motifs is 2. The molecule has 2 aliphatic heterocycles. The second-order valence-electron chi connectivity index (χ2n) is 7.85. The van der Waals surface area contributed by atoms with Crippen molar-refractivity contribution in [2.24, 2.45) is 0 Å². The standard InChI is InChI=1S/C23H23N3O3S/c1-15(27)26-14-20(29-19-10-4-3-9-18(19)26)23(28)25-12-6-7-16(13-25)22-24-17-8-2-5-11-21(17)30-22/h2-5,8-11,16,20H,6-7,12-14H2,1H3/t16-,20+/m0/s1. The quantitative estimate of drug-likeness (QED) is 0.631. The molecule has 0 radical (unpaired) electrons. The van der Waals surface area contributed by atoms with Gasteiger partial charge < -0.3 is 14.5 Å². The number of thiazole rings is 1. The van der Waals surface area contributed by atoms with E-state index in [1.807, 2.05) is 47.4 Å². The van der Waals surface area contributed by atoms with Crippen molar-refractivity contribution in [1.82, 2.24) is 9.88 Å². The van der Waals surface area contributed by atoms with Gasteiger partial charge >= 0.3 is 0 Å². The summed E-state index contributed by atoms with van der Waals surface area (Å²) in [6.07, 6.45) is 1.28. The maximum Gasteiger partial charge on any atom is 0.265 e. The Morgan fingerprint density at radius 2 is 1.90 bits per heavy atom. The summed E-state index contributed by atoms with van der Waals surface area (Å²) in [4.78, 5) is 33.8. The van der Waals surface area contributed by atoms with Crippen LogP contribution in [0.2, 0.25) is 0 Å². The molecule has 1 saturated heterocycles. The van der Waals surface area contributed by atoms with Gasteiger partial charge in [-0.15, -0.1) is 11.3 Å². The summed E-state index contributed by atoms with van der Waals surface area (Å²) in [5.74, 6) is 0.674. The minimum Gasteiger partial charge on any atom is -0.476 e. The van der Waals surface area contributed by atoms with Crippen molar-refractivity contribution in [3.05, 3.63) is 53.5 Å². The molecule has 7 heteroatoms. The minimum atomic E-state index is -0.682. The number of amides is 2. The van der Waals surface area contributed by atoms with Gasteiger partial charge in [-0.2, -0.15) is 0 Å². The Balaban J connectivity index is 1.35. The molecule has 3 aromatic rings. The van der Waals surface area contributed by atoms with E-state index in [9.17, 15) is 9.59 Å². The largest absolute Gasteiger partial charge is 0.476 e. The van der Waals surface area contributed by atoms with Crippen LogP contribution in [0, 0.1) is 0 Å². The molecule has 2 aromatic carbocycles. The Kier molecular flexibility index (Phi) is 4.90. The Morgan fingerprint density at radius 1 is 1.10 bits per heavy atom. The normalized spacial score (nSPS) is 21.2. The number of para-hydroxylation sites is 3. The fraction of sp³-hybridized carbons (Fsp3) is 0.348. The highest BCUT2D eigenvalue weighted by Gasteiger charge is 2.37. The van der Waals surface area contributed by atoms with Crippen LogP contribution < -0.4 is 9.64 Å². The van der Waals surface area contributed by atoms with Gasteiger partial charge in [0.1, 0.15) is 5.75 Å². The van der Waals surface area contributed by atoms with E-state index in [1.54, 1.807) is 16.2 Å². The van der Waals surface area contributed by atoms with Crippen LogP contribution in [0.15, 0.2) is 48.5 Å². The van der Waals surface area contributed by atoms with Crippen molar-refractivity contribution in [2.45, 2.75) is 31.8 Å². The summed E-state index contributed by atoms with van der Waals surface area (Å²) in [5.41, 5.74) is 1.74.